The first-order valence-corrected chi connectivity index (χ1v) is 8.87. The predicted octanol–water partition coefficient (Wildman–Crippen LogP) is 3.77. The fourth-order valence-corrected chi connectivity index (χ4v) is 2.54. The van der Waals surface area contributed by atoms with Gasteiger partial charge in [-0.3, -0.25) is 0 Å². The molecule has 0 saturated heterocycles. The third-order valence-corrected chi connectivity index (χ3v) is 3.90. The molecular weight excluding hydrogens is 353 g/mol. The molecule has 1 fully saturated rings. The first-order chi connectivity index (χ1) is 12.5. The first kappa shape index (κ1) is 20.7. The van der Waals surface area contributed by atoms with Crippen molar-refractivity contribution in [2.75, 3.05) is 5.32 Å². The maximum atomic E-state index is 14.9. The van der Waals surface area contributed by atoms with E-state index in [1.807, 2.05) is 0 Å². The summed E-state index contributed by atoms with van der Waals surface area (Å²) in [5.74, 6) is -1.98. The van der Waals surface area contributed by atoms with Crippen molar-refractivity contribution in [1.29, 1.82) is 5.41 Å². The molecule has 4 N–H and O–H groups in total. The summed E-state index contributed by atoms with van der Waals surface area (Å²) >= 11 is 0. The van der Waals surface area contributed by atoms with Crippen molar-refractivity contribution in [3.63, 3.8) is 0 Å². The molecule has 148 valence electrons. The Morgan fingerprint density at radius 1 is 1.33 bits per heavy atom. The van der Waals surface area contributed by atoms with E-state index in [2.05, 4.69) is 10.6 Å². The lowest BCUT2D eigenvalue weighted by Gasteiger charge is -2.22. The summed E-state index contributed by atoms with van der Waals surface area (Å²) in [6, 6.07) is 2.20. The van der Waals surface area contributed by atoms with Crippen LogP contribution in [0, 0.1) is 11.2 Å². The Morgan fingerprint density at radius 2 is 1.93 bits per heavy atom. The molecule has 0 heterocycles. The number of hydrogen-bond acceptors (Lipinski definition) is 5. The van der Waals surface area contributed by atoms with Crippen LogP contribution in [-0.2, 0) is 4.74 Å². The lowest BCUT2D eigenvalue weighted by Crippen LogP contribution is -2.38. The number of rotatable bonds is 7. The van der Waals surface area contributed by atoms with Crippen LogP contribution in [0.5, 0.6) is 0 Å². The number of halogens is 1. The smallest absolute Gasteiger partial charge is 0.407 e. The molecule has 0 bridgehead atoms. The standard InChI is InChI=1S/C19H26FN3O4/c1-10(22-18(26)27-19(2,3)4)9-14(21)12-7-8-13(17(24)25)16(15(12)20)23-11-5-6-11/h7-8,10-11,21,23H,5-6,9H2,1-4H3,(H,22,26)(H,24,25). The quantitative estimate of drug-likeness (QED) is 0.539. The fraction of sp³-hybridized carbons (Fsp3) is 0.526. The number of carboxylic acid groups (broad SMARTS) is 1. The van der Waals surface area contributed by atoms with Crippen LogP contribution in [0.2, 0.25) is 0 Å². The first-order valence-electron chi connectivity index (χ1n) is 8.87. The molecule has 0 aromatic heterocycles. The van der Waals surface area contributed by atoms with Gasteiger partial charge in [0.25, 0.3) is 0 Å². The van der Waals surface area contributed by atoms with Gasteiger partial charge in [-0.05, 0) is 52.7 Å². The molecule has 1 aromatic rings. The molecule has 7 nitrogen and oxygen atoms in total. The van der Waals surface area contributed by atoms with Crippen molar-refractivity contribution in [3.8, 4) is 0 Å². The molecule has 2 rings (SSSR count). The van der Waals surface area contributed by atoms with Crippen LogP contribution in [0.1, 0.15) is 62.9 Å². The van der Waals surface area contributed by atoms with E-state index in [-0.39, 0.29) is 35.0 Å². The van der Waals surface area contributed by atoms with E-state index < -0.39 is 29.5 Å². The Kier molecular flexibility index (Phi) is 6.08. The van der Waals surface area contributed by atoms with Gasteiger partial charge in [0.05, 0.1) is 11.3 Å². The SMILES string of the molecule is CC(CC(=N)c1ccc(C(=O)O)c(NC2CC2)c1F)NC(=O)OC(C)(C)C. The molecule has 1 aliphatic carbocycles. The summed E-state index contributed by atoms with van der Waals surface area (Å²) in [6.45, 7) is 6.92. The largest absolute Gasteiger partial charge is 0.478 e. The summed E-state index contributed by atoms with van der Waals surface area (Å²) < 4.78 is 20.0. The Morgan fingerprint density at radius 3 is 2.44 bits per heavy atom. The molecule has 0 aliphatic heterocycles. The monoisotopic (exact) mass is 379 g/mol. The number of nitrogens with one attached hydrogen (secondary N) is 3. The number of aromatic carboxylic acids is 1. The molecule has 0 spiro atoms. The van der Waals surface area contributed by atoms with Crippen molar-refractivity contribution in [2.45, 2.75) is 64.6 Å². The zero-order chi connectivity index (χ0) is 20.4. The van der Waals surface area contributed by atoms with E-state index in [1.54, 1.807) is 27.7 Å². The highest BCUT2D eigenvalue weighted by atomic mass is 19.1. The molecule has 1 aliphatic rings. The number of alkyl carbamates (subject to hydrolysis) is 1. The van der Waals surface area contributed by atoms with Crippen molar-refractivity contribution >= 4 is 23.5 Å². The van der Waals surface area contributed by atoms with Gasteiger partial charge in [-0.25, -0.2) is 14.0 Å². The second-order valence-corrected chi connectivity index (χ2v) is 7.80. The van der Waals surface area contributed by atoms with Gasteiger partial charge in [0.1, 0.15) is 5.60 Å². The van der Waals surface area contributed by atoms with Crippen molar-refractivity contribution < 1.29 is 23.8 Å². The van der Waals surface area contributed by atoms with Gasteiger partial charge in [0.2, 0.25) is 0 Å². The number of anilines is 1. The summed E-state index contributed by atoms with van der Waals surface area (Å²) in [5, 5.41) is 23.0. The van der Waals surface area contributed by atoms with Crippen LogP contribution in [0.15, 0.2) is 12.1 Å². The van der Waals surface area contributed by atoms with E-state index in [4.69, 9.17) is 10.1 Å². The molecule has 1 saturated carbocycles. The van der Waals surface area contributed by atoms with Crippen LogP contribution in [0.3, 0.4) is 0 Å². The van der Waals surface area contributed by atoms with Gasteiger partial charge in [-0.2, -0.15) is 0 Å². The van der Waals surface area contributed by atoms with E-state index in [9.17, 15) is 19.1 Å². The number of amides is 1. The number of ether oxygens (including phenoxy) is 1. The summed E-state index contributed by atoms with van der Waals surface area (Å²) in [4.78, 5) is 23.2. The third-order valence-electron chi connectivity index (χ3n) is 3.90. The van der Waals surface area contributed by atoms with Gasteiger partial charge in [-0.15, -0.1) is 0 Å². The highest BCUT2D eigenvalue weighted by molar-refractivity contribution is 6.02. The van der Waals surface area contributed by atoms with Crippen LogP contribution in [-0.4, -0.2) is 40.6 Å². The van der Waals surface area contributed by atoms with Crippen LogP contribution in [0.4, 0.5) is 14.9 Å². The number of carbonyl (C=O) groups excluding carboxylic acids is 1. The Labute approximate surface area is 157 Å². The predicted molar refractivity (Wildman–Crippen MR) is 100 cm³/mol. The number of carboxylic acids is 1. The summed E-state index contributed by atoms with van der Waals surface area (Å²) in [7, 11) is 0. The second-order valence-electron chi connectivity index (χ2n) is 7.80. The van der Waals surface area contributed by atoms with Crippen LogP contribution < -0.4 is 10.6 Å². The van der Waals surface area contributed by atoms with Gasteiger partial charge >= 0.3 is 12.1 Å². The van der Waals surface area contributed by atoms with Crippen molar-refractivity contribution in [2.24, 2.45) is 0 Å². The lowest BCUT2D eigenvalue weighted by atomic mass is 10.00. The Hall–Kier alpha value is -2.64. The maximum absolute atomic E-state index is 14.9. The fourth-order valence-electron chi connectivity index (χ4n) is 2.54. The Bertz CT molecular complexity index is 754. The van der Waals surface area contributed by atoms with Gasteiger partial charge < -0.3 is 25.9 Å². The van der Waals surface area contributed by atoms with E-state index in [1.165, 1.54) is 12.1 Å². The van der Waals surface area contributed by atoms with Crippen LogP contribution >= 0.6 is 0 Å². The lowest BCUT2D eigenvalue weighted by molar-refractivity contribution is 0.0509. The van der Waals surface area contributed by atoms with Crippen molar-refractivity contribution in [3.05, 3.63) is 29.1 Å². The molecule has 1 atom stereocenters. The normalized spacial score (nSPS) is 15.0. The average molecular weight is 379 g/mol. The van der Waals surface area contributed by atoms with Gasteiger partial charge in [0, 0.05) is 29.8 Å². The third kappa shape index (κ3) is 5.94. The van der Waals surface area contributed by atoms with E-state index in [0.717, 1.165) is 12.8 Å². The molecule has 0 radical (unpaired) electrons. The molecule has 8 heteroatoms. The summed E-state index contributed by atoms with van der Waals surface area (Å²) in [6.07, 6.45) is 1.18. The minimum absolute atomic E-state index is 0.0148. The maximum Gasteiger partial charge on any atom is 0.407 e. The highest BCUT2D eigenvalue weighted by Crippen LogP contribution is 2.31. The van der Waals surface area contributed by atoms with Crippen LogP contribution in [0.25, 0.3) is 0 Å². The Balaban J connectivity index is 2.11. The molecule has 27 heavy (non-hydrogen) atoms. The number of carbonyl (C=O) groups is 2. The molecule has 1 amide bonds. The zero-order valence-corrected chi connectivity index (χ0v) is 16.0. The van der Waals surface area contributed by atoms with E-state index in [0.29, 0.717) is 0 Å². The molecule has 1 unspecified atom stereocenters. The van der Waals surface area contributed by atoms with E-state index >= 15 is 0 Å². The average Bonchev–Trinajstić information content (AvgIpc) is 3.30. The van der Waals surface area contributed by atoms with Crippen molar-refractivity contribution in [1.82, 2.24) is 5.32 Å². The van der Waals surface area contributed by atoms with Gasteiger partial charge in [0.15, 0.2) is 5.82 Å². The zero-order valence-electron chi connectivity index (χ0n) is 16.0. The highest BCUT2D eigenvalue weighted by Gasteiger charge is 2.27. The minimum Gasteiger partial charge on any atom is -0.478 e. The topological polar surface area (TPSA) is 112 Å². The van der Waals surface area contributed by atoms with Gasteiger partial charge in [-0.1, -0.05) is 0 Å². The summed E-state index contributed by atoms with van der Waals surface area (Å²) in [5.41, 5.74) is -0.900. The number of hydrogen-bond donors (Lipinski definition) is 4. The number of benzene rings is 1. The molecule has 1 aromatic carbocycles. The second kappa shape index (κ2) is 7.94. The minimum atomic E-state index is -1.23. The molecular formula is C19H26FN3O4.